The van der Waals surface area contributed by atoms with Gasteiger partial charge in [-0.05, 0) is 52.4 Å². The molecule has 0 aromatic carbocycles. The van der Waals surface area contributed by atoms with E-state index in [1.54, 1.807) is 24.5 Å². The lowest BCUT2D eigenvalue weighted by molar-refractivity contribution is -0.120. The molecular formula is C21H25N7O2S. The minimum absolute atomic E-state index is 0.0248. The zero-order chi connectivity index (χ0) is 21.4. The SMILES string of the molecule is Cc1noc(-c2cnc(C)nc2N2CCCC(C(=O)Nc3nc4c(s3)CCCC4)C2)n1. The van der Waals surface area contributed by atoms with Gasteiger partial charge in [0.15, 0.2) is 11.0 Å². The molecule has 162 valence electrons. The van der Waals surface area contributed by atoms with Crippen LogP contribution in [0, 0.1) is 19.8 Å². The fourth-order valence-electron chi connectivity index (χ4n) is 4.25. The Balaban J connectivity index is 1.34. The van der Waals surface area contributed by atoms with Crippen LogP contribution in [0.25, 0.3) is 11.5 Å². The number of hydrogen-bond donors (Lipinski definition) is 1. The molecule has 2 aliphatic rings. The summed E-state index contributed by atoms with van der Waals surface area (Å²) >= 11 is 1.62. The first-order valence-electron chi connectivity index (χ1n) is 10.8. The molecule has 1 amide bonds. The van der Waals surface area contributed by atoms with Crippen molar-refractivity contribution >= 4 is 28.2 Å². The summed E-state index contributed by atoms with van der Waals surface area (Å²) < 4.78 is 5.36. The third-order valence-electron chi connectivity index (χ3n) is 5.81. The highest BCUT2D eigenvalue weighted by Crippen LogP contribution is 2.32. The molecule has 10 heteroatoms. The van der Waals surface area contributed by atoms with Crippen molar-refractivity contribution in [3.63, 3.8) is 0 Å². The molecule has 1 unspecified atom stereocenters. The normalized spacial score (nSPS) is 18.6. The number of piperidine rings is 1. The van der Waals surface area contributed by atoms with E-state index in [1.807, 2.05) is 6.92 Å². The van der Waals surface area contributed by atoms with Gasteiger partial charge >= 0.3 is 0 Å². The van der Waals surface area contributed by atoms with Gasteiger partial charge in [0, 0.05) is 24.2 Å². The molecule has 31 heavy (non-hydrogen) atoms. The number of carbonyl (C=O) groups excluding carboxylic acids is 1. The Kier molecular flexibility index (Phi) is 5.39. The summed E-state index contributed by atoms with van der Waals surface area (Å²) in [6, 6.07) is 0. The lowest BCUT2D eigenvalue weighted by Crippen LogP contribution is -2.41. The van der Waals surface area contributed by atoms with Gasteiger partial charge in [-0.2, -0.15) is 4.98 Å². The highest BCUT2D eigenvalue weighted by Gasteiger charge is 2.30. The minimum atomic E-state index is -0.137. The lowest BCUT2D eigenvalue weighted by atomic mass is 9.97. The Hall–Kier alpha value is -2.88. The highest BCUT2D eigenvalue weighted by atomic mass is 32.1. The van der Waals surface area contributed by atoms with Crippen LogP contribution in [0.3, 0.4) is 0 Å². The molecule has 9 nitrogen and oxygen atoms in total. The molecule has 0 bridgehead atoms. The molecule has 1 saturated heterocycles. The molecule has 0 radical (unpaired) electrons. The second-order valence-corrected chi connectivity index (χ2v) is 9.26. The van der Waals surface area contributed by atoms with E-state index in [9.17, 15) is 4.79 Å². The van der Waals surface area contributed by atoms with Crippen molar-refractivity contribution in [2.24, 2.45) is 5.92 Å². The number of carbonyl (C=O) groups is 1. The zero-order valence-corrected chi connectivity index (χ0v) is 18.5. The Bertz CT molecular complexity index is 1090. The summed E-state index contributed by atoms with van der Waals surface area (Å²) in [4.78, 5) is 34.4. The molecule has 1 atom stereocenters. The number of aromatic nitrogens is 5. The predicted octanol–water partition coefficient (Wildman–Crippen LogP) is 3.33. The van der Waals surface area contributed by atoms with Crippen LogP contribution in [0.5, 0.6) is 0 Å². The highest BCUT2D eigenvalue weighted by molar-refractivity contribution is 7.15. The summed E-state index contributed by atoms with van der Waals surface area (Å²) in [7, 11) is 0. The summed E-state index contributed by atoms with van der Waals surface area (Å²) in [5, 5.41) is 7.69. The van der Waals surface area contributed by atoms with Gasteiger partial charge in [-0.3, -0.25) is 4.79 Å². The third-order valence-corrected chi connectivity index (χ3v) is 6.89. The van der Waals surface area contributed by atoms with E-state index in [2.05, 4.69) is 35.3 Å². The van der Waals surface area contributed by atoms with Crippen molar-refractivity contribution < 1.29 is 9.32 Å². The van der Waals surface area contributed by atoms with Crippen LogP contribution in [0.1, 0.15) is 47.9 Å². The van der Waals surface area contributed by atoms with E-state index in [1.165, 1.54) is 17.7 Å². The van der Waals surface area contributed by atoms with Crippen LogP contribution in [0.4, 0.5) is 10.9 Å². The van der Waals surface area contributed by atoms with Crippen molar-refractivity contribution in [2.45, 2.75) is 52.4 Å². The van der Waals surface area contributed by atoms with Gasteiger partial charge in [0.1, 0.15) is 17.2 Å². The van der Waals surface area contributed by atoms with Gasteiger partial charge in [-0.25, -0.2) is 15.0 Å². The number of rotatable bonds is 4. The maximum atomic E-state index is 13.0. The summed E-state index contributed by atoms with van der Waals surface area (Å²) in [6.07, 6.45) is 7.94. The summed E-state index contributed by atoms with van der Waals surface area (Å²) in [6.45, 7) is 5.02. The molecular weight excluding hydrogens is 414 g/mol. The molecule has 3 aromatic rings. The standard InChI is InChI=1S/C21H25N7O2S/c1-12-22-10-15(20-24-13(2)27-30-20)18(23-12)28-9-5-6-14(11-28)19(29)26-21-25-16-7-3-4-8-17(16)31-21/h10,14H,3-9,11H2,1-2H3,(H,25,26,29). The third kappa shape index (κ3) is 4.16. The van der Waals surface area contributed by atoms with E-state index in [4.69, 9.17) is 4.52 Å². The van der Waals surface area contributed by atoms with E-state index in [-0.39, 0.29) is 11.8 Å². The number of amides is 1. The van der Waals surface area contributed by atoms with E-state index in [0.29, 0.717) is 29.6 Å². The fourth-order valence-corrected chi connectivity index (χ4v) is 5.31. The van der Waals surface area contributed by atoms with Gasteiger partial charge in [0.2, 0.25) is 5.91 Å². The molecule has 1 N–H and O–H groups in total. The number of hydrogen-bond acceptors (Lipinski definition) is 9. The lowest BCUT2D eigenvalue weighted by Gasteiger charge is -2.33. The average Bonchev–Trinajstić information content (AvgIpc) is 3.39. The fraction of sp³-hybridized carbons (Fsp3) is 0.524. The molecule has 1 aliphatic heterocycles. The van der Waals surface area contributed by atoms with Gasteiger partial charge < -0.3 is 14.7 Å². The van der Waals surface area contributed by atoms with Crippen molar-refractivity contribution in [1.29, 1.82) is 0 Å². The number of nitrogens with zero attached hydrogens (tertiary/aromatic N) is 6. The number of anilines is 2. The van der Waals surface area contributed by atoms with E-state index in [0.717, 1.165) is 48.9 Å². The van der Waals surface area contributed by atoms with Crippen LogP contribution in [0.15, 0.2) is 10.7 Å². The van der Waals surface area contributed by atoms with Crippen LogP contribution in [-0.2, 0) is 17.6 Å². The first-order chi connectivity index (χ1) is 15.1. The van der Waals surface area contributed by atoms with Crippen LogP contribution >= 0.6 is 11.3 Å². The molecule has 3 aromatic heterocycles. The van der Waals surface area contributed by atoms with Crippen molar-refractivity contribution in [3.05, 3.63) is 28.4 Å². The van der Waals surface area contributed by atoms with Crippen molar-refractivity contribution in [1.82, 2.24) is 25.1 Å². The monoisotopic (exact) mass is 439 g/mol. The Morgan fingerprint density at radius 3 is 2.84 bits per heavy atom. The van der Waals surface area contributed by atoms with Crippen molar-refractivity contribution in [3.8, 4) is 11.5 Å². The average molecular weight is 440 g/mol. The second kappa shape index (κ2) is 8.33. The van der Waals surface area contributed by atoms with Gasteiger partial charge in [0.25, 0.3) is 5.89 Å². The largest absolute Gasteiger partial charge is 0.355 e. The Labute approximate surface area is 184 Å². The minimum Gasteiger partial charge on any atom is -0.355 e. The van der Waals surface area contributed by atoms with Gasteiger partial charge in [-0.1, -0.05) is 5.16 Å². The first-order valence-corrected chi connectivity index (χ1v) is 11.6. The second-order valence-electron chi connectivity index (χ2n) is 8.17. The van der Waals surface area contributed by atoms with Gasteiger partial charge in [-0.15, -0.1) is 11.3 Å². The molecule has 1 aliphatic carbocycles. The molecule has 4 heterocycles. The number of fused-ring (bicyclic) bond motifs is 1. The van der Waals surface area contributed by atoms with Gasteiger partial charge in [0.05, 0.1) is 11.6 Å². The molecule has 1 fully saturated rings. The smallest absolute Gasteiger partial charge is 0.263 e. The van der Waals surface area contributed by atoms with E-state index < -0.39 is 0 Å². The van der Waals surface area contributed by atoms with Crippen LogP contribution in [0.2, 0.25) is 0 Å². The van der Waals surface area contributed by atoms with E-state index >= 15 is 0 Å². The molecule has 5 rings (SSSR count). The van der Waals surface area contributed by atoms with Crippen molar-refractivity contribution in [2.75, 3.05) is 23.3 Å². The Morgan fingerprint density at radius 2 is 2.03 bits per heavy atom. The van der Waals surface area contributed by atoms with Crippen LogP contribution < -0.4 is 10.2 Å². The zero-order valence-electron chi connectivity index (χ0n) is 17.7. The number of thiazole rings is 1. The quantitative estimate of drug-likeness (QED) is 0.659. The summed E-state index contributed by atoms with van der Waals surface area (Å²) in [5.74, 6) is 2.24. The summed E-state index contributed by atoms with van der Waals surface area (Å²) in [5.41, 5.74) is 1.85. The number of nitrogens with one attached hydrogen (secondary N) is 1. The number of aryl methyl sites for hydroxylation is 4. The van der Waals surface area contributed by atoms with Crippen LogP contribution in [-0.4, -0.2) is 44.1 Å². The topological polar surface area (TPSA) is 110 Å². The maximum Gasteiger partial charge on any atom is 0.263 e. The first kappa shape index (κ1) is 20.0. The maximum absolute atomic E-state index is 13.0. The molecule has 0 spiro atoms. The molecule has 0 saturated carbocycles. The predicted molar refractivity (Wildman–Crippen MR) is 117 cm³/mol. The Morgan fingerprint density at radius 1 is 1.16 bits per heavy atom.